The molecule has 1 N–H and O–H groups in total. The molecule has 0 radical (unpaired) electrons. The van der Waals surface area contributed by atoms with Crippen LogP contribution in [0.2, 0.25) is 0 Å². The van der Waals surface area contributed by atoms with Gasteiger partial charge in [-0.15, -0.1) is 24.8 Å². The van der Waals surface area contributed by atoms with Crippen molar-refractivity contribution < 1.29 is 14.6 Å². The van der Waals surface area contributed by atoms with E-state index in [0.29, 0.717) is 18.0 Å². The number of nitrogens with zero attached hydrogens (tertiary/aromatic N) is 2. The van der Waals surface area contributed by atoms with Crippen LogP contribution < -0.4 is 9.47 Å². The van der Waals surface area contributed by atoms with Crippen molar-refractivity contribution >= 4 is 30.9 Å². The van der Waals surface area contributed by atoms with Crippen LogP contribution in [-0.4, -0.2) is 67.5 Å². The minimum absolute atomic E-state index is 0. The first-order valence-corrected chi connectivity index (χ1v) is 10.3. The summed E-state index contributed by atoms with van der Waals surface area (Å²) in [6, 6.07) is 16.4. The highest BCUT2D eigenvalue weighted by molar-refractivity contribution is 5.85. The van der Waals surface area contributed by atoms with Crippen LogP contribution >= 0.6 is 24.8 Å². The monoisotopic (exact) mass is 468 g/mol. The van der Waals surface area contributed by atoms with E-state index in [2.05, 4.69) is 40.1 Å². The van der Waals surface area contributed by atoms with Crippen molar-refractivity contribution in [3.05, 3.63) is 65.7 Å². The second kappa shape index (κ2) is 14.3. The van der Waals surface area contributed by atoms with Crippen LogP contribution in [0.3, 0.4) is 0 Å². The molecule has 0 saturated carbocycles. The Hall–Kier alpha value is -1.76. The van der Waals surface area contributed by atoms with Gasteiger partial charge >= 0.3 is 0 Å². The van der Waals surface area contributed by atoms with Crippen LogP contribution in [-0.2, 0) is 6.54 Å². The van der Waals surface area contributed by atoms with Gasteiger partial charge in [-0.25, -0.2) is 0 Å². The molecule has 3 rings (SSSR count). The molecule has 1 saturated heterocycles. The molecule has 1 atom stereocenters. The fraction of sp³-hybridized carbons (Fsp3) is 0.417. The third-order valence-electron chi connectivity index (χ3n) is 5.16. The molecule has 5 nitrogen and oxygen atoms in total. The van der Waals surface area contributed by atoms with E-state index in [1.165, 1.54) is 5.56 Å². The Balaban J connectivity index is 0.00000240. The van der Waals surface area contributed by atoms with E-state index in [-0.39, 0.29) is 31.4 Å². The Morgan fingerprint density at radius 2 is 1.65 bits per heavy atom. The number of ether oxygens (including phenoxy) is 2. The first kappa shape index (κ1) is 27.3. The zero-order valence-electron chi connectivity index (χ0n) is 18.3. The standard InChI is InChI=1S/C24H32N2O3.2ClH/c1-3-7-20-10-11-23(24(16-20)28-2)29-19-22(27)18-26-14-12-25(13-15-26)17-21-8-5-4-6-9-21;;/h3-11,16,22,27H,12-15,17-19H2,1-2H3;2*1H. The van der Waals surface area contributed by atoms with E-state index >= 15 is 0 Å². The molecule has 0 aromatic heterocycles. The van der Waals surface area contributed by atoms with Crippen molar-refractivity contribution in [2.75, 3.05) is 46.4 Å². The summed E-state index contributed by atoms with van der Waals surface area (Å²) in [5.74, 6) is 1.34. The molecule has 0 bridgehead atoms. The first-order chi connectivity index (χ1) is 14.2. The molecular formula is C24H34Cl2N2O3. The van der Waals surface area contributed by atoms with E-state index in [9.17, 15) is 5.11 Å². The highest BCUT2D eigenvalue weighted by Crippen LogP contribution is 2.28. The Morgan fingerprint density at radius 1 is 0.968 bits per heavy atom. The average Bonchev–Trinajstić information content (AvgIpc) is 2.75. The summed E-state index contributed by atoms with van der Waals surface area (Å²) < 4.78 is 11.2. The lowest BCUT2D eigenvalue weighted by atomic mass is 10.2. The van der Waals surface area contributed by atoms with Gasteiger partial charge in [-0.1, -0.05) is 48.6 Å². The van der Waals surface area contributed by atoms with Gasteiger partial charge in [-0.05, 0) is 30.2 Å². The van der Waals surface area contributed by atoms with Crippen molar-refractivity contribution in [3.8, 4) is 11.5 Å². The fourth-order valence-electron chi connectivity index (χ4n) is 3.61. The van der Waals surface area contributed by atoms with Gasteiger partial charge in [0.05, 0.1) is 7.11 Å². The van der Waals surface area contributed by atoms with Crippen LogP contribution in [0.1, 0.15) is 18.1 Å². The maximum absolute atomic E-state index is 10.4. The lowest BCUT2D eigenvalue weighted by Gasteiger charge is -2.35. The molecule has 0 amide bonds. The lowest BCUT2D eigenvalue weighted by molar-refractivity contribution is 0.0440. The number of aliphatic hydroxyl groups excluding tert-OH is 1. The van der Waals surface area contributed by atoms with Gasteiger partial charge in [0, 0.05) is 39.3 Å². The molecule has 0 aliphatic carbocycles. The average molecular weight is 469 g/mol. The van der Waals surface area contributed by atoms with Gasteiger partial charge < -0.3 is 14.6 Å². The number of hydrogen-bond donors (Lipinski definition) is 1. The number of allylic oxidation sites excluding steroid dienone is 1. The maximum atomic E-state index is 10.4. The van der Waals surface area contributed by atoms with Gasteiger partial charge in [-0.2, -0.15) is 0 Å². The Bertz CT molecular complexity index is 782. The predicted molar refractivity (Wildman–Crippen MR) is 132 cm³/mol. The number of β-amino-alcohol motifs (C(OH)–C–C–N with tert-alkyl or cyclic N) is 1. The Kier molecular flexibility index (Phi) is 12.6. The number of aliphatic hydroxyl groups is 1. The molecule has 31 heavy (non-hydrogen) atoms. The normalized spacial score (nSPS) is 15.7. The lowest BCUT2D eigenvalue weighted by Crippen LogP contribution is -2.48. The van der Waals surface area contributed by atoms with Crippen molar-refractivity contribution in [3.63, 3.8) is 0 Å². The third-order valence-corrected chi connectivity index (χ3v) is 5.16. The van der Waals surface area contributed by atoms with E-state index in [1.807, 2.05) is 37.3 Å². The maximum Gasteiger partial charge on any atom is 0.161 e. The minimum atomic E-state index is -0.532. The smallest absolute Gasteiger partial charge is 0.161 e. The molecule has 7 heteroatoms. The zero-order chi connectivity index (χ0) is 20.5. The number of rotatable bonds is 9. The molecule has 1 fully saturated rings. The van der Waals surface area contributed by atoms with E-state index in [0.717, 1.165) is 38.3 Å². The summed E-state index contributed by atoms with van der Waals surface area (Å²) in [5.41, 5.74) is 2.41. The van der Waals surface area contributed by atoms with E-state index < -0.39 is 6.10 Å². The summed E-state index contributed by atoms with van der Waals surface area (Å²) in [7, 11) is 1.63. The molecule has 2 aromatic rings. The molecule has 2 aromatic carbocycles. The van der Waals surface area contributed by atoms with Crippen molar-refractivity contribution in [2.45, 2.75) is 19.6 Å². The second-order valence-electron chi connectivity index (χ2n) is 7.44. The number of hydrogen-bond acceptors (Lipinski definition) is 5. The second-order valence-corrected chi connectivity index (χ2v) is 7.44. The summed E-state index contributed by atoms with van der Waals surface area (Å²) in [6.45, 7) is 7.81. The summed E-state index contributed by atoms with van der Waals surface area (Å²) in [6.07, 6.45) is 3.47. The largest absolute Gasteiger partial charge is 0.493 e. The van der Waals surface area contributed by atoms with Crippen LogP contribution in [0.4, 0.5) is 0 Å². The number of methoxy groups -OCH3 is 1. The van der Waals surface area contributed by atoms with E-state index in [4.69, 9.17) is 9.47 Å². The molecule has 1 unspecified atom stereocenters. The summed E-state index contributed by atoms with van der Waals surface area (Å²) in [5, 5.41) is 10.4. The summed E-state index contributed by atoms with van der Waals surface area (Å²) >= 11 is 0. The number of piperazine rings is 1. The van der Waals surface area contributed by atoms with Crippen LogP contribution in [0, 0.1) is 0 Å². The molecule has 1 aliphatic rings. The molecular weight excluding hydrogens is 435 g/mol. The highest BCUT2D eigenvalue weighted by Gasteiger charge is 2.20. The van der Waals surface area contributed by atoms with Crippen LogP contribution in [0.5, 0.6) is 11.5 Å². The van der Waals surface area contributed by atoms with Crippen molar-refractivity contribution in [2.24, 2.45) is 0 Å². The number of benzene rings is 2. The predicted octanol–water partition coefficient (Wildman–Crippen LogP) is 4.13. The van der Waals surface area contributed by atoms with Gasteiger partial charge in [0.25, 0.3) is 0 Å². The van der Waals surface area contributed by atoms with Crippen LogP contribution in [0.25, 0.3) is 6.08 Å². The SMILES string of the molecule is CC=Cc1ccc(OCC(O)CN2CCN(Cc3ccccc3)CC2)c(OC)c1.Cl.Cl. The number of halogens is 2. The molecule has 1 heterocycles. The topological polar surface area (TPSA) is 45.2 Å². The summed E-state index contributed by atoms with van der Waals surface area (Å²) in [4.78, 5) is 4.77. The minimum Gasteiger partial charge on any atom is -0.493 e. The zero-order valence-corrected chi connectivity index (χ0v) is 19.9. The van der Waals surface area contributed by atoms with Gasteiger partial charge in [0.2, 0.25) is 0 Å². The quantitative estimate of drug-likeness (QED) is 0.599. The highest BCUT2D eigenvalue weighted by atomic mass is 35.5. The van der Waals surface area contributed by atoms with Gasteiger partial charge in [-0.3, -0.25) is 9.80 Å². The molecule has 0 spiro atoms. The van der Waals surface area contributed by atoms with E-state index in [1.54, 1.807) is 7.11 Å². The Morgan fingerprint density at radius 3 is 2.29 bits per heavy atom. The first-order valence-electron chi connectivity index (χ1n) is 10.3. The van der Waals surface area contributed by atoms with Gasteiger partial charge in [0.1, 0.15) is 12.7 Å². The van der Waals surface area contributed by atoms with Gasteiger partial charge in [0.15, 0.2) is 11.5 Å². The third kappa shape index (κ3) is 8.71. The van der Waals surface area contributed by atoms with Crippen molar-refractivity contribution in [1.29, 1.82) is 0 Å². The van der Waals surface area contributed by atoms with Crippen LogP contribution in [0.15, 0.2) is 54.6 Å². The molecule has 172 valence electrons. The Labute approximate surface area is 198 Å². The van der Waals surface area contributed by atoms with Crippen molar-refractivity contribution in [1.82, 2.24) is 9.80 Å². The molecule has 1 aliphatic heterocycles. The fourth-order valence-corrected chi connectivity index (χ4v) is 3.61.